The van der Waals surface area contributed by atoms with E-state index in [4.69, 9.17) is 30.6 Å². The van der Waals surface area contributed by atoms with E-state index in [9.17, 15) is 0 Å². The Morgan fingerprint density at radius 3 is 1.00 bits per heavy atom. The van der Waals surface area contributed by atoms with Crippen LogP contribution in [0.1, 0.15) is 0 Å². The summed E-state index contributed by atoms with van der Waals surface area (Å²) in [6.07, 6.45) is 0. The topological polar surface area (TPSA) is 127 Å². The van der Waals surface area contributed by atoms with Gasteiger partial charge in [-0.1, -0.05) is 0 Å². The molecule has 2 N–H and O–H groups in total. The second-order valence-corrected chi connectivity index (χ2v) is 0.476. The van der Waals surface area contributed by atoms with Crippen molar-refractivity contribution in [2.24, 2.45) is 0 Å². The van der Waals surface area contributed by atoms with Crippen LogP contribution in [0, 0.1) is 20.2 Å². The first-order chi connectivity index (χ1) is 3.46. The van der Waals surface area contributed by atoms with Gasteiger partial charge in [0, 0.05) is 0 Å². The Balaban J connectivity index is -0.0000000300. The molecule has 0 atom stereocenters. The number of nitrogens with zero attached hydrogens (tertiary/aromatic N) is 2. The Bertz CT molecular complexity index is 73.7. The minimum atomic E-state index is -1.50. The van der Waals surface area contributed by atoms with Crippen molar-refractivity contribution in [1.29, 1.82) is 0 Å². The van der Waals surface area contributed by atoms with E-state index >= 15 is 0 Å². The van der Waals surface area contributed by atoms with Crippen LogP contribution < -0.4 is 0 Å². The standard InChI is InChI=1S/Ca.K.2HNO3.3H/c;;2*2-1(3)4;;;/h;;2*(H,2,3,4);;;. The molecule has 0 aliphatic rings. The summed E-state index contributed by atoms with van der Waals surface area (Å²) < 4.78 is 0. The molecular formula is H5CaKN2O6. The molecule has 0 heterocycles. The van der Waals surface area contributed by atoms with Gasteiger partial charge in [-0.25, -0.2) is 0 Å². The van der Waals surface area contributed by atoms with Gasteiger partial charge in [-0.15, -0.1) is 20.2 Å². The van der Waals surface area contributed by atoms with Gasteiger partial charge in [-0.2, -0.15) is 0 Å². The number of hydrogen-bond acceptors (Lipinski definition) is 4. The Kier molecular flexibility index (Phi) is 37.6. The second kappa shape index (κ2) is 16.7. The fourth-order valence-electron chi connectivity index (χ4n) is 0. The van der Waals surface area contributed by atoms with Crippen LogP contribution in [-0.4, -0.2) is 110 Å². The molecule has 0 saturated heterocycles. The van der Waals surface area contributed by atoms with Crippen molar-refractivity contribution in [1.82, 2.24) is 0 Å². The van der Waals surface area contributed by atoms with Crippen molar-refractivity contribution in [2.75, 3.05) is 0 Å². The molecule has 10 heteroatoms. The summed E-state index contributed by atoms with van der Waals surface area (Å²) in [7, 11) is 0. The van der Waals surface area contributed by atoms with Gasteiger partial charge in [-0.05, 0) is 0 Å². The van der Waals surface area contributed by atoms with E-state index in [2.05, 4.69) is 0 Å². The maximum atomic E-state index is 8.36. The molecule has 0 aromatic rings. The Morgan fingerprint density at radius 2 is 1.00 bits per heavy atom. The first kappa shape index (κ1) is 22.5. The summed E-state index contributed by atoms with van der Waals surface area (Å²) in [5.74, 6) is 0. The molecule has 0 fully saturated rings. The van der Waals surface area contributed by atoms with Gasteiger partial charge in [0.1, 0.15) is 0 Å². The second-order valence-electron chi connectivity index (χ2n) is 0.476. The van der Waals surface area contributed by atoms with E-state index in [0.29, 0.717) is 0 Å². The summed E-state index contributed by atoms with van der Waals surface area (Å²) in [4.78, 5) is 16.7. The zero-order valence-corrected chi connectivity index (χ0v) is 3.42. The number of hydrogen-bond donors (Lipinski definition) is 2. The van der Waals surface area contributed by atoms with Crippen molar-refractivity contribution in [3.63, 3.8) is 0 Å². The zero-order valence-electron chi connectivity index (χ0n) is 3.42. The van der Waals surface area contributed by atoms with Crippen LogP contribution in [0.15, 0.2) is 0 Å². The molecular weight excluding hydrogens is 203 g/mol. The summed E-state index contributed by atoms with van der Waals surface area (Å²) >= 11 is 0. The molecule has 0 unspecified atom stereocenters. The quantitative estimate of drug-likeness (QED) is 0.263. The summed E-state index contributed by atoms with van der Waals surface area (Å²) in [6, 6.07) is 0. The Hall–Kier alpha value is 1.30. The third-order valence-corrected chi connectivity index (χ3v) is 0. The predicted molar refractivity (Wildman–Crippen MR) is 33.3 cm³/mol. The summed E-state index contributed by atoms with van der Waals surface area (Å²) in [5, 5.41) is 27.3. The third-order valence-electron chi connectivity index (χ3n) is 0. The average Bonchev–Trinajstić information content (AvgIpc) is 1.25. The average molecular weight is 208 g/mol. The summed E-state index contributed by atoms with van der Waals surface area (Å²) in [5.41, 5.74) is 0. The molecule has 0 rings (SSSR count). The monoisotopic (exact) mass is 208 g/mol. The molecule has 54 valence electrons. The van der Waals surface area contributed by atoms with Crippen LogP contribution in [0.4, 0.5) is 0 Å². The molecule has 8 nitrogen and oxygen atoms in total. The van der Waals surface area contributed by atoms with E-state index in [1.807, 2.05) is 0 Å². The van der Waals surface area contributed by atoms with Crippen molar-refractivity contribution in [3.8, 4) is 0 Å². The minimum absolute atomic E-state index is 0. The van der Waals surface area contributed by atoms with Crippen LogP contribution >= 0.6 is 0 Å². The van der Waals surface area contributed by atoms with Crippen molar-refractivity contribution in [2.45, 2.75) is 0 Å². The predicted octanol–water partition coefficient (Wildman–Crippen LogP) is -2.26. The van der Waals surface area contributed by atoms with Crippen molar-refractivity contribution >= 4 is 89.1 Å². The molecule has 0 radical (unpaired) electrons. The molecule has 0 aliphatic heterocycles. The molecule has 10 heavy (non-hydrogen) atoms. The van der Waals surface area contributed by atoms with Gasteiger partial charge < -0.3 is 10.4 Å². The third kappa shape index (κ3) is 381. The van der Waals surface area contributed by atoms with E-state index < -0.39 is 10.2 Å². The Labute approximate surface area is 127 Å². The molecule has 0 aromatic heterocycles. The normalized spacial score (nSPS) is 4.80. The van der Waals surface area contributed by atoms with Crippen LogP contribution in [0.3, 0.4) is 0 Å². The van der Waals surface area contributed by atoms with Crippen LogP contribution in [0.25, 0.3) is 0 Å². The number of rotatable bonds is 0. The van der Waals surface area contributed by atoms with Crippen LogP contribution in [-0.2, 0) is 0 Å². The van der Waals surface area contributed by atoms with Gasteiger partial charge >= 0.3 is 89.1 Å². The van der Waals surface area contributed by atoms with Crippen molar-refractivity contribution in [3.05, 3.63) is 20.2 Å². The molecule has 0 spiro atoms. The molecule has 0 aliphatic carbocycles. The fraction of sp³-hybridized carbons (Fsp3) is 0. The van der Waals surface area contributed by atoms with Crippen LogP contribution in [0.5, 0.6) is 0 Å². The van der Waals surface area contributed by atoms with E-state index in [-0.39, 0.29) is 89.1 Å². The SMILES string of the molecule is O=[N+]([O-])O.O=[N+]([O-])O.[CaH2].[KH]. The van der Waals surface area contributed by atoms with Gasteiger partial charge in [0.05, 0.1) is 0 Å². The van der Waals surface area contributed by atoms with Crippen LogP contribution in [0.2, 0.25) is 0 Å². The maximum absolute atomic E-state index is 8.36. The molecule has 0 aromatic carbocycles. The molecule has 0 bridgehead atoms. The van der Waals surface area contributed by atoms with Gasteiger partial charge in [0.25, 0.3) is 10.2 Å². The fourth-order valence-corrected chi connectivity index (χ4v) is 0. The van der Waals surface area contributed by atoms with Gasteiger partial charge in [0.15, 0.2) is 0 Å². The Morgan fingerprint density at radius 1 is 1.00 bits per heavy atom. The van der Waals surface area contributed by atoms with Gasteiger partial charge in [-0.3, -0.25) is 0 Å². The van der Waals surface area contributed by atoms with Gasteiger partial charge in [0.2, 0.25) is 0 Å². The molecule has 0 amide bonds. The molecule has 0 saturated carbocycles. The first-order valence-electron chi connectivity index (χ1n) is 1.13. The van der Waals surface area contributed by atoms with E-state index in [0.717, 1.165) is 0 Å². The van der Waals surface area contributed by atoms with E-state index in [1.165, 1.54) is 0 Å². The zero-order chi connectivity index (χ0) is 7.15. The first-order valence-corrected chi connectivity index (χ1v) is 1.13. The summed E-state index contributed by atoms with van der Waals surface area (Å²) in [6.45, 7) is 0. The van der Waals surface area contributed by atoms with Crippen molar-refractivity contribution < 1.29 is 20.6 Å². The van der Waals surface area contributed by atoms with E-state index in [1.54, 1.807) is 0 Å².